The molecular weight excluding hydrogens is 309 g/mol. The highest BCUT2D eigenvalue weighted by molar-refractivity contribution is 7.09. The molecule has 0 radical (unpaired) electrons. The third kappa shape index (κ3) is 4.42. The maximum atomic E-state index is 12.3. The lowest BCUT2D eigenvalue weighted by atomic mass is 10.1. The standard InChI is InChI=1S/C12H13F3N2O3S/c1-7-5-21-9(16-7)4-20-11(19)8-2-10(18)17(3-8)6-12(13,14)15/h5,8H,2-4,6H2,1H3/t8-/m0/s1. The van der Waals surface area contributed by atoms with Crippen LogP contribution in [0, 0.1) is 12.8 Å². The Bertz CT molecular complexity index is 544. The number of thiazole rings is 1. The minimum absolute atomic E-state index is 0.0265. The van der Waals surface area contributed by atoms with E-state index in [2.05, 4.69) is 4.98 Å². The van der Waals surface area contributed by atoms with Gasteiger partial charge in [-0.05, 0) is 6.92 Å². The quantitative estimate of drug-likeness (QED) is 0.795. The van der Waals surface area contributed by atoms with Crippen LogP contribution in [0.3, 0.4) is 0 Å². The van der Waals surface area contributed by atoms with E-state index in [1.165, 1.54) is 11.3 Å². The number of amides is 1. The van der Waals surface area contributed by atoms with Crippen molar-refractivity contribution >= 4 is 23.2 Å². The molecule has 1 saturated heterocycles. The average Bonchev–Trinajstić information content (AvgIpc) is 2.92. The summed E-state index contributed by atoms with van der Waals surface area (Å²) in [5.41, 5.74) is 0.804. The highest BCUT2D eigenvalue weighted by atomic mass is 32.1. The molecule has 2 heterocycles. The molecule has 0 N–H and O–H groups in total. The molecule has 21 heavy (non-hydrogen) atoms. The zero-order valence-corrected chi connectivity index (χ0v) is 12.0. The van der Waals surface area contributed by atoms with E-state index in [9.17, 15) is 22.8 Å². The molecule has 9 heteroatoms. The predicted octanol–water partition coefficient (Wildman–Crippen LogP) is 1.91. The Labute approximate surface area is 122 Å². The molecular formula is C12H13F3N2O3S. The topological polar surface area (TPSA) is 59.5 Å². The molecule has 1 amide bonds. The van der Waals surface area contributed by atoms with Crippen LogP contribution in [0.4, 0.5) is 13.2 Å². The molecule has 2 rings (SSSR count). The number of aryl methyl sites for hydroxylation is 1. The van der Waals surface area contributed by atoms with Gasteiger partial charge in [0.15, 0.2) is 0 Å². The van der Waals surface area contributed by atoms with E-state index >= 15 is 0 Å². The summed E-state index contributed by atoms with van der Waals surface area (Å²) in [5.74, 6) is -2.19. The summed E-state index contributed by atoms with van der Waals surface area (Å²) >= 11 is 1.33. The van der Waals surface area contributed by atoms with Gasteiger partial charge in [-0.1, -0.05) is 0 Å². The smallest absolute Gasteiger partial charge is 0.406 e. The molecule has 0 aliphatic carbocycles. The van der Waals surface area contributed by atoms with E-state index in [0.717, 1.165) is 5.69 Å². The van der Waals surface area contributed by atoms with Crippen LogP contribution in [0.5, 0.6) is 0 Å². The van der Waals surface area contributed by atoms with Gasteiger partial charge in [-0.2, -0.15) is 13.2 Å². The van der Waals surface area contributed by atoms with E-state index in [1.54, 1.807) is 12.3 Å². The van der Waals surface area contributed by atoms with Gasteiger partial charge >= 0.3 is 12.1 Å². The number of aromatic nitrogens is 1. The normalized spacial score (nSPS) is 19.1. The Balaban J connectivity index is 1.85. The van der Waals surface area contributed by atoms with Crippen LogP contribution in [0.15, 0.2) is 5.38 Å². The molecule has 1 fully saturated rings. The number of carbonyl (C=O) groups excluding carboxylic acids is 2. The molecule has 0 bridgehead atoms. The molecule has 1 aliphatic heterocycles. The maximum absolute atomic E-state index is 12.3. The summed E-state index contributed by atoms with van der Waals surface area (Å²) in [5, 5.41) is 2.41. The van der Waals surface area contributed by atoms with Crippen LogP contribution in [-0.4, -0.2) is 41.0 Å². The first-order chi connectivity index (χ1) is 9.74. The number of nitrogens with zero attached hydrogens (tertiary/aromatic N) is 2. The Hall–Kier alpha value is -1.64. The molecule has 5 nitrogen and oxygen atoms in total. The fourth-order valence-electron chi connectivity index (χ4n) is 2.02. The lowest BCUT2D eigenvalue weighted by Crippen LogP contribution is -2.35. The molecule has 0 saturated carbocycles. The third-order valence-electron chi connectivity index (χ3n) is 2.92. The van der Waals surface area contributed by atoms with Gasteiger partial charge in [0.05, 0.1) is 5.92 Å². The Morgan fingerprint density at radius 3 is 2.86 bits per heavy atom. The molecule has 0 aromatic carbocycles. The first-order valence-corrected chi connectivity index (χ1v) is 7.05. The van der Waals surface area contributed by atoms with Crippen LogP contribution in [0.2, 0.25) is 0 Å². The number of hydrogen-bond donors (Lipinski definition) is 0. The molecule has 0 spiro atoms. The largest absolute Gasteiger partial charge is 0.458 e. The second kappa shape index (κ2) is 6.00. The maximum Gasteiger partial charge on any atom is 0.406 e. The van der Waals surface area contributed by atoms with E-state index < -0.39 is 30.5 Å². The fraction of sp³-hybridized carbons (Fsp3) is 0.583. The van der Waals surface area contributed by atoms with Crippen molar-refractivity contribution < 1.29 is 27.5 Å². The Morgan fingerprint density at radius 2 is 2.29 bits per heavy atom. The molecule has 1 aromatic heterocycles. The van der Waals surface area contributed by atoms with Gasteiger partial charge in [0.25, 0.3) is 0 Å². The Morgan fingerprint density at radius 1 is 1.57 bits per heavy atom. The highest BCUT2D eigenvalue weighted by Crippen LogP contribution is 2.25. The molecule has 0 unspecified atom stereocenters. The van der Waals surface area contributed by atoms with Gasteiger partial charge in [-0.3, -0.25) is 9.59 Å². The van der Waals surface area contributed by atoms with Gasteiger partial charge in [-0.15, -0.1) is 11.3 Å². The van der Waals surface area contributed by atoms with Crippen LogP contribution in [-0.2, 0) is 20.9 Å². The zero-order valence-electron chi connectivity index (χ0n) is 11.1. The molecule has 1 aliphatic rings. The number of esters is 1. The minimum atomic E-state index is -4.47. The summed E-state index contributed by atoms with van der Waals surface area (Å²) in [6.07, 6.45) is -4.71. The number of halogens is 3. The van der Waals surface area contributed by atoms with Gasteiger partial charge in [-0.25, -0.2) is 4.98 Å². The lowest BCUT2D eigenvalue weighted by molar-refractivity contribution is -0.158. The first kappa shape index (κ1) is 15.7. The van der Waals surface area contributed by atoms with Crippen LogP contribution in [0.25, 0.3) is 0 Å². The fourth-order valence-corrected chi connectivity index (χ4v) is 2.70. The molecule has 1 atom stereocenters. The molecule has 116 valence electrons. The average molecular weight is 322 g/mol. The zero-order chi connectivity index (χ0) is 15.6. The van der Waals surface area contributed by atoms with E-state index in [-0.39, 0.29) is 19.6 Å². The van der Waals surface area contributed by atoms with Crippen LogP contribution in [0.1, 0.15) is 17.1 Å². The van der Waals surface area contributed by atoms with Crippen molar-refractivity contribution in [2.24, 2.45) is 5.92 Å². The van der Waals surface area contributed by atoms with Crippen LogP contribution >= 0.6 is 11.3 Å². The van der Waals surface area contributed by atoms with Crippen molar-refractivity contribution in [3.63, 3.8) is 0 Å². The summed E-state index contributed by atoms with van der Waals surface area (Å²) in [6.45, 7) is 0.184. The third-order valence-corrected chi connectivity index (χ3v) is 3.86. The van der Waals surface area contributed by atoms with E-state index in [0.29, 0.717) is 9.91 Å². The number of rotatable bonds is 4. The number of carbonyl (C=O) groups is 2. The molecule has 1 aromatic rings. The number of ether oxygens (including phenoxy) is 1. The van der Waals surface area contributed by atoms with Crippen molar-refractivity contribution in [3.05, 3.63) is 16.1 Å². The predicted molar refractivity (Wildman–Crippen MR) is 67.4 cm³/mol. The van der Waals surface area contributed by atoms with Gasteiger partial charge in [0.1, 0.15) is 18.2 Å². The SMILES string of the molecule is Cc1csc(COC(=O)[C@H]2CC(=O)N(CC(F)(F)F)C2)n1. The van der Waals surface area contributed by atoms with Crippen LogP contribution < -0.4 is 0 Å². The van der Waals surface area contributed by atoms with E-state index in [4.69, 9.17) is 4.74 Å². The van der Waals surface area contributed by atoms with Crippen molar-refractivity contribution in [2.45, 2.75) is 26.1 Å². The minimum Gasteiger partial charge on any atom is -0.458 e. The van der Waals surface area contributed by atoms with Crippen molar-refractivity contribution in [3.8, 4) is 0 Å². The summed E-state index contributed by atoms with van der Waals surface area (Å²) in [6, 6.07) is 0. The van der Waals surface area contributed by atoms with E-state index in [1.807, 2.05) is 0 Å². The number of alkyl halides is 3. The van der Waals surface area contributed by atoms with Crippen molar-refractivity contribution in [1.82, 2.24) is 9.88 Å². The van der Waals surface area contributed by atoms with Gasteiger partial charge in [0.2, 0.25) is 5.91 Å². The van der Waals surface area contributed by atoms with Gasteiger partial charge < -0.3 is 9.64 Å². The highest BCUT2D eigenvalue weighted by Gasteiger charge is 2.41. The Kier molecular flexibility index (Phi) is 4.50. The summed E-state index contributed by atoms with van der Waals surface area (Å²) in [4.78, 5) is 28.0. The number of hydrogen-bond acceptors (Lipinski definition) is 5. The lowest BCUT2D eigenvalue weighted by Gasteiger charge is -2.18. The number of likely N-dealkylation sites (tertiary alicyclic amines) is 1. The summed E-state index contributed by atoms with van der Waals surface area (Å²) in [7, 11) is 0. The first-order valence-electron chi connectivity index (χ1n) is 6.17. The van der Waals surface area contributed by atoms with Crippen molar-refractivity contribution in [1.29, 1.82) is 0 Å². The van der Waals surface area contributed by atoms with Gasteiger partial charge in [0, 0.05) is 24.0 Å². The summed E-state index contributed by atoms with van der Waals surface area (Å²) < 4.78 is 41.8. The monoisotopic (exact) mass is 322 g/mol. The second-order valence-electron chi connectivity index (χ2n) is 4.78. The van der Waals surface area contributed by atoms with Crippen molar-refractivity contribution in [2.75, 3.05) is 13.1 Å². The second-order valence-corrected chi connectivity index (χ2v) is 5.72.